The van der Waals surface area contributed by atoms with Crippen LogP contribution in [-0.2, 0) is 0 Å². The summed E-state index contributed by atoms with van der Waals surface area (Å²) < 4.78 is 0. The minimum Gasteiger partial charge on any atom is -0.369 e. The minimum atomic E-state index is -0.150. The molecule has 112 valence electrons. The van der Waals surface area contributed by atoms with Crippen LogP contribution in [0.25, 0.3) is 0 Å². The van der Waals surface area contributed by atoms with Crippen LogP contribution in [0.2, 0.25) is 0 Å². The number of hydrogen-bond acceptors (Lipinski definition) is 4. The van der Waals surface area contributed by atoms with Gasteiger partial charge >= 0.3 is 0 Å². The third kappa shape index (κ3) is 5.99. The van der Waals surface area contributed by atoms with Crippen LogP contribution in [0.1, 0.15) is 63.4 Å². The Morgan fingerprint density at radius 1 is 1.20 bits per heavy atom. The van der Waals surface area contributed by atoms with Crippen molar-refractivity contribution in [2.24, 2.45) is 0 Å². The molecule has 0 spiro atoms. The zero-order valence-electron chi connectivity index (χ0n) is 12.8. The largest absolute Gasteiger partial charge is 0.369 e. The molecule has 1 unspecified atom stereocenters. The molecule has 0 fully saturated rings. The topological polar surface area (TPSA) is 66.9 Å². The van der Waals surface area contributed by atoms with Gasteiger partial charge in [0.1, 0.15) is 11.5 Å². The fourth-order valence-corrected chi connectivity index (χ4v) is 1.96. The van der Waals surface area contributed by atoms with Crippen LogP contribution in [0, 0.1) is 0 Å². The molecule has 1 rings (SSSR count). The number of amides is 1. The summed E-state index contributed by atoms with van der Waals surface area (Å²) in [5.74, 6) is 0.542. The molecule has 20 heavy (non-hydrogen) atoms. The molecule has 0 saturated heterocycles. The molecule has 0 aliphatic heterocycles. The highest BCUT2D eigenvalue weighted by molar-refractivity contribution is 5.92. The van der Waals surface area contributed by atoms with E-state index in [4.69, 9.17) is 0 Å². The lowest BCUT2D eigenvalue weighted by atomic mass is 10.1. The van der Waals surface area contributed by atoms with Gasteiger partial charge in [-0.05, 0) is 20.3 Å². The van der Waals surface area contributed by atoms with E-state index in [2.05, 4.69) is 27.5 Å². The second-order valence-corrected chi connectivity index (χ2v) is 5.04. The lowest BCUT2D eigenvalue weighted by Gasteiger charge is -2.13. The van der Waals surface area contributed by atoms with E-state index in [0.29, 0.717) is 11.5 Å². The summed E-state index contributed by atoms with van der Waals surface area (Å²) in [6, 6.07) is 0.176. The fourth-order valence-electron chi connectivity index (χ4n) is 1.96. The molecule has 5 nitrogen and oxygen atoms in total. The highest BCUT2D eigenvalue weighted by Crippen LogP contribution is 2.06. The number of carbonyl (C=O) groups is 1. The molecular formula is C15H26N4O. The SMILES string of the molecule is CCCCCCC(C)NC(=O)c1cnc(NCC)cn1. The van der Waals surface area contributed by atoms with E-state index >= 15 is 0 Å². The monoisotopic (exact) mass is 278 g/mol. The van der Waals surface area contributed by atoms with E-state index < -0.39 is 0 Å². The summed E-state index contributed by atoms with van der Waals surface area (Å²) in [5.41, 5.74) is 0.368. The average Bonchev–Trinajstić information content (AvgIpc) is 2.45. The molecule has 0 aliphatic rings. The van der Waals surface area contributed by atoms with Crippen molar-refractivity contribution in [1.82, 2.24) is 15.3 Å². The van der Waals surface area contributed by atoms with E-state index in [-0.39, 0.29) is 11.9 Å². The molecular weight excluding hydrogens is 252 g/mol. The van der Waals surface area contributed by atoms with Crippen LogP contribution in [-0.4, -0.2) is 28.5 Å². The van der Waals surface area contributed by atoms with E-state index in [1.54, 1.807) is 6.20 Å². The zero-order chi connectivity index (χ0) is 14.8. The molecule has 0 aliphatic carbocycles. The Labute approximate surface area is 121 Å². The number of unbranched alkanes of at least 4 members (excludes halogenated alkanes) is 3. The van der Waals surface area contributed by atoms with Gasteiger partial charge in [0, 0.05) is 12.6 Å². The third-order valence-electron chi connectivity index (χ3n) is 3.11. The molecule has 0 radical (unpaired) electrons. The van der Waals surface area contributed by atoms with Crippen LogP contribution < -0.4 is 10.6 Å². The molecule has 0 aromatic carbocycles. The molecule has 1 aromatic heterocycles. The quantitative estimate of drug-likeness (QED) is 0.681. The molecule has 5 heteroatoms. The van der Waals surface area contributed by atoms with Gasteiger partial charge in [-0.25, -0.2) is 9.97 Å². The van der Waals surface area contributed by atoms with Gasteiger partial charge in [0.25, 0.3) is 5.91 Å². The molecule has 1 atom stereocenters. The van der Waals surface area contributed by atoms with Crippen LogP contribution in [0.3, 0.4) is 0 Å². The maximum Gasteiger partial charge on any atom is 0.271 e. The van der Waals surface area contributed by atoms with Crippen molar-refractivity contribution in [3.63, 3.8) is 0 Å². The summed E-state index contributed by atoms with van der Waals surface area (Å²) >= 11 is 0. The summed E-state index contributed by atoms with van der Waals surface area (Å²) in [5, 5.41) is 6.01. The molecule has 0 bridgehead atoms. The Hall–Kier alpha value is -1.65. The normalized spacial score (nSPS) is 11.9. The predicted molar refractivity (Wildman–Crippen MR) is 81.9 cm³/mol. The lowest BCUT2D eigenvalue weighted by molar-refractivity contribution is 0.0932. The Morgan fingerprint density at radius 3 is 2.60 bits per heavy atom. The Bertz CT molecular complexity index is 391. The number of carbonyl (C=O) groups excluding carboxylic acids is 1. The number of anilines is 1. The maximum absolute atomic E-state index is 12.0. The Kier molecular flexibility index (Phi) is 7.62. The van der Waals surface area contributed by atoms with Gasteiger partial charge in [0.05, 0.1) is 12.4 Å². The second-order valence-electron chi connectivity index (χ2n) is 5.04. The number of nitrogens with zero attached hydrogens (tertiary/aromatic N) is 2. The minimum absolute atomic E-state index is 0.150. The van der Waals surface area contributed by atoms with Gasteiger partial charge in [-0.15, -0.1) is 0 Å². The van der Waals surface area contributed by atoms with E-state index in [9.17, 15) is 4.79 Å². The fraction of sp³-hybridized carbons (Fsp3) is 0.667. The van der Waals surface area contributed by atoms with Gasteiger partial charge in [0.2, 0.25) is 0 Å². The smallest absolute Gasteiger partial charge is 0.271 e. The first-order chi connectivity index (χ1) is 9.67. The summed E-state index contributed by atoms with van der Waals surface area (Å²) in [6.45, 7) is 7.00. The van der Waals surface area contributed by atoms with Crippen molar-refractivity contribution in [3.8, 4) is 0 Å². The predicted octanol–water partition coefficient (Wildman–Crippen LogP) is 3.00. The average molecular weight is 278 g/mol. The molecule has 2 N–H and O–H groups in total. The molecule has 0 saturated carbocycles. The van der Waals surface area contributed by atoms with Gasteiger partial charge < -0.3 is 10.6 Å². The number of rotatable bonds is 9. The number of hydrogen-bond donors (Lipinski definition) is 2. The van der Waals surface area contributed by atoms with Crippen LogP contribution in [0.15, 0.2) is 12.4 Å². The molecule has 1 amide bonds. The van der Waals surface area contributed by atoms with Crippen molar-refractivity contribution >= 4 is 11.7 Å². The van der Waals surface area contributed by atoms with Crippen LogP contribution in [0.4, 0.5) is 5.82 Å². The number of aromatic nitrogens is 2. The Balaban J connectivity index is 2.37. The summed E-state index contributed by atoms with van der Waals surface area (Å²) in [6.07, 6.45) is 8.98. The van der Waals surface area contributed by atoms with E-state index in [1.165, 1.54) is 25.5 Å². The van der Waals surface area contributed by atoms with Crippen LogP contribution in [0.5, 0.6) is 0 Å². The first-order valence-electron chi connectivity index (χ1n) is 7.54. The second kappa shape index (κ2) is 9.28. The third-order valence-corrected chi connectivity index (χ3v) is 3.11. The van der Waals surface area contributed by atoms with Gasteiger partial charge in [0.15, 0.2) is 0 Å². The van der Waals surface area contributed by atoms with E-state index in [1.807, 2.05) is 13.8 Å². The first kappa shape index (κ1) is 16.4. The van der Waals surface area contributed by atoms with Gasteiger partial charge in [-0.3, -0.25) is 4.79 Å². The highest BCUT2D eigenvalue weighted by atomic mass is 16.1. The summed E-state index contributed by atoms with van der Waals surface area (Å²) in [7, 11) is 0. The van der Waals surface area contributed by atoms with Crippen molar-refractivity contribution in [2.75, 3.05) is 11.9 Å². The van der Waals surface area contributed by atoms with Crippen molar-refractivity contribution in [1.29, 1.82) is 0 Å². The van der Waals surface area contributed by atoms with Crippen molar-refractivity contribution < 1.29 is 4.79 Å². The standard InChI is InChI=1S/C15H26N4O/c1-4-6-7-8-9-12(3)19-15(20)13-10-18-14(11-17-13)16-5-2/h10-12H,4-9H2,1-3H3,(H,16,18)(H,19,20). The van der Waals surface area contributed by atoms with Crippen molar-refractivity contribution in [2.45, 2.75) is 58.9 Å². The number of nitrogens with one attached hydrogen (secondary N) is 2. The molecule has 1 heterocycles. The van der Waals surface area contributed by atoms with Gasteiger partial charge in [-0.2, -0.15) is 0 Å². The van der Waals surface area contributed by atoms with Crippen LogP contribution >= 0.6 is 0 Å². The zero-order valence-corrected chi connectivity index (χ0v) is 12.8. The summed E-state index contributed by atoms with van der Waals surface area (Å²) in [4.78, 5) is 20.3. The highest BCUT2D eigenvalue weighted by Gasteiger charge is 2.11. The Morgan fingerprint density at radius 2 is 2.00 bits per heavy atom. The molecule has 1 aromatic rings. The lowest BCUT2D eigenvalue weighted by Crippen LogP contribution is -2.33. The first-order valence-corrected chi connectivity index (χ1v) is 7.54. The van der Waals surface area contributed by atoms with E-state index in [0.717, 1.165) is 19.4 Å². The van der Waals surface area contributed by atoms with Crippen molar-refractivity contribution in [3.05, 3.63) is 18.1 Å². The van der Waals surface area contributed by atoms with Gasteiger partial charge in [-0.1, -0.05) is 32.6 Å². The maximum atomic E-state index is 12.0.